The van der Waals surface area contributed by atoms with E-state index in [-0.39, 0.29) is 5.91 Å². The lowest BCUT2D eigenvalue weighted by Crippen LogP contribution is -2.29. The molecule has 0 aliphatic heterocycles. The van der Waals surface area contributed by atoms with Gasteiger partial charge in [-0.1, -0.05) is 0 Å². The van der Waals surface area contributed by atoms with Gasteiger partial charge in [-0.15, -0.1) is 0 Å². The number of nitrogens with zero attached hydrogens (tertiary/aromatic N) is 5. The molecule has 25 heavy (non-hydrogen) atoms. The average molecular weight is 342 g/mol. The van der Waals surface area contributed by atoms with Crippen molar-refractivity contribution in [3.8, 4) is 0 Å². The summed E-state index contributed by atoms with van der Waals surface area (Å²) in [4.78, 5) is 28.6. The molecule has 0 aliphatic rings. The van der Waals surface area contributed by atoms with Crippen molar-refractivity contribution in [1.82, 2.24) is 24.8 Å². The standard InChI is InChI=1S/C18H26N6O/c1-23(2)11-4-8-20-17-13-16(21-14-22-17)18(25)24(3)12-7-15-5-9-19-10-6-15/h5-6,9-10,13-14H,4,7-8,11-12H2,1-3H3,(H,20,21,22). The fraction of sp³-hybridized carbons (Fsp3) is 0.444. The van der Waals surface area contributed by atoms with Crippen LogP contribution in [0.2, 0.25) is 0 Å². The van der Waals surface area contributed by atoms with E-state index in [4.69, 9.17) is 0 Å². The molecule has 7 nitrogen and oxygen atoms in total. The minimum Gasteiger partial charge on any atom is -0.370 e. The highest BCUT2D eigenvalue weighted by atomic mass is 16.2. The molecule has 0 aliphatic carbocycles. The van der Waals surface area contributed by atoms with Crippen LogP contribution in [0, 0.1) is 0 Å². The number of anilines is 1. The molecule has 0 aromatic carbocycles. The molecule has 0 spiro atoms. The zero-order valence-corrected chi connectivity index (χ0v) is 15.1. The number of hydrogen-bond acceptors (Lipinski definition) is 6. The number of carbonyl (C=O) groups excluding carboxylic acids is 1. The molecule has 2 heterocycles. The van der Waals surface area contributed by atoms with Crippen LogP contribution in [0.15, 0.2) is 36.9 Å². The van der Waals surface area contributed by atoms with E-state index in [1.165, 1.54) is 6.33 Å². The van der Waals surface area contributed by atoms with Crippen LogP contribution in [-0.4, -0.2) is 71.4 Å². The molecule has 2 rings (SSSR count). The molecule has 0 unspecified atom stereocenters. The highest BCUT2D eigenvalue weighted by Gasteiger charge is 2.14. The number of nitrogens with one attached hydrogen (secondary N) is 1. The maximum absolute atomic E-state index is 12.5. The Kier molecular flexibility index (Phi) is 7.28. The van der Waals surface area contributed by atoms with Crippen LogP contribution in [0.1, 0.15) is 22.5 Å². The van der Waals surface area contributed by atoms with E-state index in [2.05, 4.69) is 25.2 Å². The van der Waals surface area contributed by atoms with E-state index in [1.807, 2.05) is 26.2 Å². The predicted octanol–water partition coefficient (Wildman–Crippen LogP) is 1.55. The van der Waals surface area contributed by atoms with E-state index in [0.29, 0.717) is 18.1 Å². The summed E-state index contributed by atoms with van der Waals surface area (Å²) in [7, 11) is 5.88. The SMILES string of the molecule is CN(C)CCCNc1cc(C(=O)N(C)CCc2ccncc2)ncn1. The Balaban J connectivity index is 1.86. The Labute approximate surface area is 149 Å². The van der Waals surface area contributed by atoms with Gasteiger partial charge in [-0.2, -0.15) is 0 Å². The fourth-order valence-electron chi connectivity index (χ4n) is 2.33. The van der Waals surface area contributed by atoms with E-state index < -0.39 is 0 Å². The molecular weight excluding hydrogens is 316 g/mol. The summed E-state index contributed by atoms with van der Waals surface area (Å²) in [5.41, 5.74) is 1.56. The first-order valence-corrected chi connectivity index (χ1v) is 8.41. The monoisotopic (exact) mass is 342 g/mol. The Morgan fingerprint density at radius 3 is 2.60 bits per heavy atom. The summed E-state index contributed by atoms with van der Waals surface area (Å²) in [6.07, 6.45) is 6.74. The van der Waals surface area contributed by atoms with Gasteiger partial charge in [0.2, 0.25) is 0 Å². The molecule has 1 amide bonds. The quantitative estimate of drug-likeness (QED) is 0.697. The average Bonchev–Trinajstić information content (AvgIpc) is 2.63. The van der Waals surface area contributed by atoms with E-state index in [1.54, 1.807) is 30.4 Å². The molecular formula is C18H26N6O. The number of amides is 1. The first-order valence-electron chi connectivity index (χ1n) is 8.41. The lowest BCUT2D eigenvalue weighted by molar-refractivity contribution is 0.0790. The third-order valence-electron chi connectivity index (χ3n) is 3.81. The van der Waals surface area contributed by atoms with E-state index in [0.717, 1.165) is 31.5 Å². The molecule has 1 N–H and O–H groups in total. The van der Waals surface area contributed by atoms with Gasteiger partial charge in [0.15, 0.2) is 0 Å². The van der Waals surface area contributed by atoms with Gasteiger partial charge in [0.1, 0.15) is 17.8 Å². The van der Waals surface area contributed by atoms with Gasteiger partial charge in [0.05, 0.1) is 0 Å². The number of rotatable bonds is 9. The van der Waals surface area contributed by atoms with Crippen molar-refractivity contribution < 1.29 is 4.79 Å². The summed E-state index contributed by atoms with van der Waals surface area (Å²) in [6.45, 7) is 2.43. The maximum Gasteiger partial charge on any atom is 0.272 e. The third kappa shape index (κ3) is 6.46. The Morgan fingerprint density at radius 1 is 1.12 bits per heavy atom. The van der Waals surface area contributed by atoms with Crippen molar-refractivity contribution in [2.75, 3.05) is 46.1 Å². The molecule has 0 fully saturated rings. The van der Waals surface area contributed by atoms with Gasteiger partial charge in [-0.3, -0.25) is 9.78 Å². The first kappa shape index (κ1) is 18.8. The largest absolute Gasteiger partial charge is 0.370 e. The third-order valence-corrected chi connectivity index (χ3v) is 3.81. The summed E-state index contributed by atoms with van der Waals surface area (Å²) in [5, 5.41) is 3.24. The van der Waals surface area contributed by atoms with Gasteiger partial charge < -0.3 is 15.1 Å². The fourth-order valence-corrected chi connectivity index (χ4v) is 2.33. The topological polar surface area (TPSA) is 74.2 Å². The van der Waals surface area contributed by atoms with Crippen molar-refractivity contribution in [3.05, 3.63) is 48.2 Å². The predicted molar refractivity (Wildman–Crippen MR) is 98.6 cm³/mol. The lowest BCUT2D eigenvalue weighted by Gasteiger charge is -2.17. The van der Waals surface area contributed by atoms with Gasteiger partial charge in [-0.25, -0.2) is 9.97 Å². The Morgan fingerprint density at radius 2 is 1.88 bits per heavy atom. The van der Waals surface area contributed by atoms with Crippen LogP contribution in [0.3, 0.4) is 0 Å². The summed E-state index contributed by atoms with van der Waals surface area (Å²) in [6, 6.07) is 5.62. The second-order valence-electron chi connectivity index (χ2n) is 6.20. The number of aromatic nitrogens is 3. The van der Waals surface area contributed by atoms with Crippen LogP contribution >= 0.6 is 0 Å². The van der Waals surface area contributed by atoms with Gasteiger partial charge in [-0.05, 0) is 51.2 Å². The van der Waals surface area contributed by atoms with Crippen molar-refractivity contribution in [1.29, 1.82) is 0 Å². The van der Waals surface area contributed by atoms with E-state index in [9.17, 15) is 4.79 Å². The molecule has 0 bridgehead atoms. The van der Waals surface area contributed by atoms with Crippen molar-refractivity contribution in [2.45, 2.75) is 12.8 Å². The van der Waals surface area contributed by atoms with Crippen molar-refractivity contribution >= 4 is 11.7 Å². The van der Waals surface area contributed by atoms with Crippen molar-refractivity contribution in [2.24, 2.45) is 0 Å². The molecule has 7 heteroatoms. The lowest BCUT2D eigenvalue weighted by atomic mass is 10.2. The van der Waals surface area contributed by atoms with Gasteiger partial charge in [0, 0.05) is 38.6 Å². The number of likely N-dealkylation sites (N-methyl/N-ethyl adjacent to an activating group) is 1. The zero-order valence-electron chi connectivity index (χ0n) is 15.1. The summed E-state index contributed by atoms with van der Waals surface area (Å²) in [5.74, 6) is 0.576. The molecule has 0 atom stereocenters. The number of pyridine rings is 1. The molecule has 134 valence electrons. The molecule has 2 aromatic rings. The van der Waals surface area contributed by atoms with Crippen molar-refractivity contribution in [3.63, 3.8) is 0 Å². The minimum atomic E-state index is -0.104. The number of hydrogen-bond donors (Lipinski definition) is 1. The summed E-state index contributed by atoms with van der Waals surface area (Å²) >= 11 is 0. The van der Waals surface area contributed by atoms with Crippen LogP contribution < -0.4 is 5.32 Å². The van der Waals surface area contributed by atoms with Crippen LogP contribution in [-0.2, 0) is 6.42 Å². The van der Waals surface area contributed by atoms with E-state index >= 15 is 0 Å². The van der Waals surface area contributed by atoms with Gasteiger partial charge in [0.25, 0.3) is 5.91 Å². The van der Waals surface area contributed by atoms with Crippen LogP contribution in [0.4, 0.5) is 5.82 Å². The van der Waals surface area contributed by atoms with Crippen LogP contribution in [0.25, 0.3) is 0 Å². The second kappa shape index (κ2) is 9.68. The molecule has 0 radical (unpaired) electrons. The minimum absolute atomic E-state index is 0.104. The Bertz CT molecular complexity index is 662. The second-order valence-corrected chi connectivity index (χ2v) is 6.20. The molecule has 2 aromatic heterocycles. The smallest absolute Gasteiger partial charge is 0.272 e. The number of carbonyl (C=O) groups is 1. The maximum atomic E-state index is 12.5. The zero-order chi connectivity index (χ0) is 18.1. The first-order chi connectivity index (χ1) is 12.1. The molecule has 0 saturated heterocycles. The molecule has 0 saturated carbocycles. The highest BCUT2D eigenvalue weighted by molar-refractivity contribution is 5.92. The highest BCUT2D eigenvalue weighted by Crippen LogP contribution is 2.07. The normalized spacial score (nSPS) is 10.7. The van der Waals surface area contributed by atoms with Gasteiger partial charge >= 0.3 is 0 Å². The van der Waals surface area contributed by atoms with Crippen LogP contribution in [0.5, 0.6) is 0 Å². The Hall–Kier alpha value is -2.54. The summed E-state index contributed by atoms with van der Waals surface area (Å²) < 4.78 is 0.